The molecule has 1 aliphatic rings. The van der Waals surface area contributed by atoms with Crippen molar-refractivity contribution in [1.82, 2.24) is 4.90 Å². The number of hydrogen-bond acceptors (Lipinski definition) is 4. The number of piperidine rings is 1. The lowest BCUT2D eigenvalue weighted by Gasteiger charge is -2.37. The molecule has 1 saturated heterocycles. The van der Waals surface area contributed by atoms with Crippen molar-refractivity contribution in [1.29, 1.82) is 0 Å². The van der Waals surface area contributed by atoms with Crippen LogP contribution in [0.5, 0.6) is 0 Å². The monoisotopic (exact) mass is 275 g/mol. The van der Waals surface area contributed by atoms with Crippen LogP contribution in [0.1, 0.15) is 26.7 Å². The highest BCUT2D eigenvalue weighted by molar-refractivity contribution is 8.00. The Morgan fingerprint density at radius 3 is 2.33 bits per heavy atom. The van der Waals surface area contributed by atoms with E-state index in [9.17, 15) is 9.59 Å². The average molecular weight is 275 g/mol. The van der Waals surface area contributed by atoms with Gasteiger partial charge in [-0.2, -0.15) is 0 Å². The number of ether oxygens (including phenoxy) is 1. The van der Waals surface area contributed by atoms with E-state index in [2.05, 4.69) is 13.8 Å². The van der Waals surface area contributed by atoms with Crippen LogP contribution in [0, 0.1) is 0 Å². The number of methoxy groups -OCH3 is 1. The first-order chi connectivity index (χ1) is 8.41. The Morgan fingerprint density at radius 1 is 1.39 bits per heavy atom. The van der Waals surface area contributed by atoms with Gasteiger partial charge in [-0.05, 0) is 5.25 Å². The second-order valence-electron chi connectivity index (χ2n) is 4.74. The number of carbonyl (C=O) groups excluding carboxylic acids is 1. The van der Waals surface area contributed by atoms with Crippen molar-refractivity contribution in [2.45, 2.75) is 37.5 Å². The minimum absolute atomic E-state index is 0.0868. The fourth-order valence-electron chi connectivity index (χ4n) is 1.95. The second-order valence-corrected chi connectivity index (χ2v) is 6.31. The largest absolute Gasteiger partial charge is 0.479 e. The standard InChI is InChI=1S/C12H21NO4S/c1-9(2)18-8-10(14)13-6-4-12(17-3,5-7-13)11(15)16/h9H,4-8H2,1-3H3,(H,15,16). The molecule has 1 heterocycles. The maximum absolute atomic E-state index is 11.9. The molecule has 0 spiro atoms. The van der Waals surface area contributed by atoms with Gasteiger partial charge in [-0.1, -0.05) is 13.8 Å². The average Bonchev–Trinajstić information content (AvgIpc) is 2.35. The molecule has 0 aromatic rings. The van der Waals surface area contributed by atoms with E-state index in [0.717, 1.165) is 0 Å². The first-order valence-electron chi connectivity index (χ1n) is 6.09. The van der Waals surface area contributed by atoms with E-state index in [0.29, 0.717) is 36.9 Å². The normalized spacial score (nSPS) is 19.0. The molecule has 1 fully saturated rings. The molecule has 0 aromatic heterocycles. The Morgan fingerprint density at radius 2 is 1.94 bits per heavy atom. The molecule has 0 atom stereocenters. The van der Waals surface area contributed by atoms with Crippen molar-refractivity contribution < 1.29 is 19.4 Å². The molecular formula is C12H21NO4S. The van der Waals surface area contributed by atoms with E-state index in [4.69, 9.17) is 9.84 Å². The van der Waals surface area contributed by atoms with Crippen LogP contribution in [0.2, 0.25) is 0 Å². The SMILES string of the molecule is COC1(C(=O)O)CCN(C(=O)CSC(C)C)CC1. The maximum Gasteiger partial charge on any atom is 0.336 e. The van der Waals surface area contributed by atoms with Crippen LogP contribution in [0.15, 0.2) is 0 Å². The lowest BCUT2D eigenvalue weighted by Crippen LogP contribution is -2.52. The van der Waals surface area contributed by atoms with Gasteiger partial charge in [0.05, 0.1) is 5.75 Å². The van der Waals surface area contributed by atoms with Gasteiger partial charge in [-0.25, -0.2) is 4.79 Å². The fraction of sp³-hybridized carbons (Fsp3) is 0.833. The van der Waals surface area contributed by atoms with Gasteiger partial charge in [0.15, 0.2) is 5.60 Å². The third-order valence-corrected chi connectivity index (χ3v) is 4.32. The summed E-state index contributed by atoms with van der Waals surface area (Å²) in [6, 6.07) is 0. The van der Waals surface area contributed by atoms with Crippen LogP contribution in [0.4, 0.5) is 0 Å². The topological polar surface area (TPSA) is 66.8 Å². The molecule has 0 saturated carbocycles. The number of carbonyl (C=O) groups is 2. The first kappa shape index (κ1) is 15.3. The van der Waals surface area contributed by atoms with Crippen molar-refractivity contribution in [3.8, 4) is 0 Å². The molecule has 104 valence electrons. The van der Waals surface area contributed by atoms with E-state index in [1.807, 2.05) is 0 Å². The molecule has 0 aliphatic carbocycles. The lowest BCUT2D eigenvalue weighted by atomic mass is 9.91. The number of carboxylic acids is 1. The van der Waals surface area contributed by atoms with Crippen LogP contribution in [-0.4, -0.2) is 58.7 Å². The molecule has 18 heavy (non-hydrogen) atoms. The molecular weight excluding hydrogens is 254 g/mol. The number of aliphatic carboxylic acids is 1. The first-order valence-corrected chi connectivity index (χ1v) is 7.14. The summed E-state index contributed by atoms with van der Waals surface area (Å²) in [5, 5.41) is 9.58. The molecule has 1 rings (SSSR count). The van der Waals surface area contributed by atoms with Crippen molar-refractivity contribution >= 4 is 23.6 Å². The highest BCUT2D eigenvalue weighted by Crippen LogP contribution is 2.26. The van der Waals surface area contributed by atoms with Crippen molar-refractivity contribution in [3.63, 3.8) is 0 Å². The fourth-order valence-corrected chi connectivity index (χ4v) is 2.61. The van der Waals surface area contributed by atoms with E-state index in [-0.39, 0.29) is 5.91 Å². The van der Waals surface area contributed by atoms with Gasteiger partial charge in [-0.15, -0.1) is 11.8 Å². The number of hydrogen-bond donors (Lipinski definition) is 1. The number of thioether (sulfide) groups is 1. The smallest absolute Gasteiger partial charge is 0.336 e. The molecule has 5 nitrogen and oxygen atoms in total. The zero-order chi connectivity index (χ0) is 13.8. The molecule has 1 amide bonds. The Balaban J connectivity index is 2.48. The van der Waals surface area contributed by atoms with E-state index in [1.165, 1.54) is 7.11 Å². The predicted molar refractivity (Wildman–Crippen MR) is 70.8 cm³/mol. The molecule has 1 aliphatic heterocycles. The van der Waals surface area contributed by atoms with Gasteiger partial charge in [0.1, 0.15) is 0 Å². The second kappa shape index (κ2) is 6.43. The lowest BCUT2D eigenvalue weighted by molar-refractivity contribution is -0.169. The van der Waals surface area contributed by atoms with Crippen LogP contribution in [-0.2, 0) is 14.3 Å². The summed E-state index contributed by atoms with van der Waals surface area (Å²) >= 11 is 1.61. The van der Waals surface area contributed by atoms with Crippen LogP contribution in [0.25, 0.3) is 0 Å². The highest BCUT2D eigenvalue weighted by Gasteiger charge is 2.42. The molecule has 6 heteroatoms. The summed E-state index contributed by atoms with van der Waals surface area (Å²) in [5.41, 5.74) is -1.11. The summed E-state index contributed by atoms with van der Waals surface area (Å²) < 4.78 is 5.12. The van der Waals surface area contributed by atoms with Crippen molar-refractivity contribution in [2.24, 2.45) is 0 Å². The molecule has 1 N–H and O–H groups in total. The molecule has 0 radical (unpaired) electrons. The number of rotatable bonds is 5. The van der Waals surface area contributed by atoms with Crippen LogP contribution >= 0.6 is 11.8 Å². The van der Waals surface area contributed by atoms with Gasteiger partial charge in [0.2, 0.25) is 5.91 Å². The van der Waals surface area contributed by atoms with E-state index >= 15 is 0 Å². The van der Waals surface area contributed by atoms with Crippen molar-refractivity contribution in [3.05, 3.63) is 0 Å². The summed E-state index contributed by atoms with van der Waals surface area (Å²) in [7, 11) is 1.42. The van der Waals surface area contributed by atoms with Gasteiger partial charge in [0.25, 0.3) is 0 Å². The third kappa shape index (κ3) is 3.62. The highest BCUT2D eigenvalue weighted by atomic mass is 32.2. The van der Waals surface area contributed by atoms with Gasteiger partial charge < -0.3 is 14.7 Å². The van der Waals surface area contributed by atoms with Crippen LogP contribution < -0.4 is 0 Å². The Hall–Kier alpha value is -0.750. The Labute approximate surface area is 112 Å². The summed E-state index contributed by atoms with van der Waals surface area (Å²) in [5.74, 6) is -0.387. The number of likely N-dealkylation sites (tertiary alicyclic amines) is 1. The minimum atomic E-state index is -1.11. The third-order valence-electron chi connectivity index (χ3n) is 3.24. The minimum Gasteiger partial charge on any atom is -0.479 e. The van der Waals surface area contributed by atoms with E-state index < -0.39 is 11.6 Å². The number of amides is 1. The van der Waals surface area contributed by atoms with Gasteiger partial charge >= 0.3 is 5.97 Å². The number of nitrogens with zero attached hydrogens (tertiary/aromatic N) is 1. The Kier molecular flexibility index (Phi) is 5.47. The summed E-state index contributed by atoms with van der Waals surface area (Å²) in [6.07, 6.45) is 0.716. The zero-order valence-corrected chi connectivity index (χ0v) is 12.0. The van der Waals surface area contributed by atoms with Gasteiger partial charge in [-0.3, -0.25) is 4.79 Å². The van der Waals surface area contributed by atoms with Gasteiger partial charge in [0, 0.05) is 33.0 Å². The van der Waals surface area contributed by atoms with Crippen LogP contribution in [0.3, 0.4) is 0 Å². The van der Waals surface area contributed by atoms with E-state index in [1.54, 1.807) is 16.7 Å². The Bertz CT molecular complexity index is 311. The summed E-state index contributed by atoms with van der Waals surface area (Å²) in [6.45, 7) is 5.01. The zero-order valence-electron chi connectivity index (χ0n) is 11.1. The quantitative estimate of drug-likeness (QED) is 0.817. The number of carboxylic acid groups (broad SMARTS) is 1. The maximum atomic E-state index is 11.9. The van der Waals surface area contributed by atoms with Crippen molar-refractivity contribution in [2.75, 3.05) is 26.0 Å². The molecule has 0 aromatic carbocycles. The summed E-state index contributed by atoms with van der Waals surface area (Å²) in [4.78, 5) is 24.8. The predicted octanol–water partition coefficient (Wildman–Crippen LogP) is 1.22. The molecule has 0 unspecified atom stereocenters. The molecule has 0 bridgehead atoms.